The molecule has 0 bridgehead atoms. The molecular weight excluding hydrogens is 428 g/mol. The smallest absolute Gasteiger partial charge is 0.243 e. The first-order chi connectivity index (χ1) is 15.4. The second-order valence-corrected chi connectivity index (χ2v) is 10.2. The standard InChI is InChI=1S/C22H24N6O3S/c1-15-4-12-19(13-5-15)32(30,31)27-14-2-3-20(27)22(29)23-17-8-6-16(7-9-17)21-24-25-26-28(21)18-10-11-18/h4-9,12-13,18,20H,2-3,10-11,14H2,1H3,(H,23,29)/t20-/m0/s1. The van der Waals surface area contributed by atoms with Crippen LogP contribution >= 0.6 is 0 Å². The molecule has 32 heavy (non-hydrogen) atoms. The molecule has 1 atom stereocenters. The van der Waals surface area contributed by atoms with E-state index in [2.05, 4.69) is 20.8 Å². The highest BCUT2D eigenvalue weighted by molar-refractivity contribution is 7.89. The fourth-order valence-corrected chi connectivity index (χ4v) is 5.67. The van der Waals surface area contributed by atoms with Crippen LogP contribution in [0, 0.1) is 6.92 Å². The molecule has 0 spiro atoms. The highest BCUT2D eigenvalue weighted by Gasteiger charge is 2.39. The molecule has 1 amide bonds. The van der Waals surface area contributed by atoms with E-state index >= 15 is 0 Å². The van der Waals surface area contributed by atoms with Gasteiger partial charge in [-0.1, -0.05) is 17.7 Å². The van der Waals surface area contributed by atoms with E-state index in [9.17, 15) is 13.2 Å². The van der Waals surface area contributed by atoms with Crippen LogP contribution in [0.3, 0.4) is 0 Å². The van der Waals surface area contributed by atoms with Gasteiger partial charge in [-0.05, 0) is 79.4 Å². The fourth-order valence-electron chi connectivity index (χ4n) is 4.01. The molecule has 10 heteroatoms. The predicted octanol–water partition coefficient (Wildman–Crippen LogP) is 2.78. The van der Waals surface area contributed by atoms with Crippen molar-refractivity contribution in [3.05, 3.63) is 54.1 Å². The van der Waals surface area contributed by atoms with Gasteiger partial charge in [0, 0.05) is 17.8 Å². The van der Waals surface area contributed by atoms with E-state index in [1.807, 2.05) is 23.7 Å². The van der Waals surface area contributed by atoms with Gasteiger partial charge in [0.15, 0.2) is 5.82 Å². The van der Waals surface area contributed by atoms with Crippen molar-refractivity contribution in [3.63, 3.8) is 0 Å². The zero-order valence-corrected chi connectivity index (χ0v) is 18.5. The Hall–Kier alpha value is -3.11. The van der Waals surface area contributed by atoms with Crippen molar-refractivity contribution in [1.82, 2.24) is 24.5 Å². The van der Waals surface area contributed by atoms with Crippen LogP contribution in [0.1, 0.15) is 37.3 Å². The van der Waals surface area contributed by atoms with Gasteiger partial charge in [-0.25, -0.2) is 13.1 Å². The summed E-state index contributed by atoms with van der Waals surface area (Å²) in [6.45, 7) is 2.23. The summed E-state index contributed by atoms with van der Waals surface area (Å²) in [5.41, 5.74) is 2.45. The van der Waals surface area contributed by atoms with Crippen LogP contribution in [0.25, 0.3) is 11.4 Å². The number of aryl methyl sites for hydroxylation is 1. The van der Waals surface area contributed by atoms with Gasteiger partial charge >= 0.3 is 0 Å². The first kappa shape index (κ1) is 20.8. The molecule has 2 aromatic carbocycles. The highest BCUT2D eigenvalue weighted by atomic mass is 32.2. The average molecular weight is 453 g/mol. The number of carbonyl (C=O) groups excluding carboxylic acids is 1. The Bertz CT molecular complexity index is 1230. The molecule has 1 aliphatic heterocycles. The molecule has 1 N–H and O–H groups in total. The van der Waals surface area contributed by atoms with Crippen molar-refractivity contribution in [2.75, 3.05) is 11.9 Å². The lowest BCUT2D eigenvalue weighted by atomic mass is 10.1. The average Bonchev–Trinajstić information content (AvgIpc) is 3.30. The van der Waals surface area contributed by atoms with E-state index in [1.54, 1.807) is 36.4 Å². The van der Waals surface area contributed by atoms with Gasteiger partial charge in [-0.3, -0.25) is 4.79 Å². The number of carbonyl (C=O) groups is 1. The van der Waals surface area contributed by atoms with Crippen LogP contribution in [-0.2, 0) is 14.8 Å². The zero-order valence-electron chi connectivity index (χ0n) is 17.7. The summed E-state index contributed by atoms with van der Waals surface area (Å²) in [7, 11) is -3.74. The fraction of sp³-hybridized carbons (Fsp3) is 0.364. The van der Waals surface area contributed by atoms with Crippen molar-refractivity contribution in [2.24, 2.45) is 0 Å². The minimum Gasteiger partial charge on any atom is -0.325 e. The minimum atomic E-state index is -3.74. The molecule has 2 aliphatic rings. The van der Waals surface area contributed by atoms with Crippen LogP contribution in [0.2, 0.25) is 0 Å². The van der Waals surface area contributed by atoms with Crippen LogP contribution in [0.15, 0.2) is 53.4 Å². The molecule has 3 aromatic rings. The number of benzene rings is 2. The summed E-state index contributed by atoms with van der Waals surface area (Å²) in [6, 6.07) is 13.6. The largest absolute Gasteiger partial charge is 0.325 e. The molecular formula is C22H24N6O3S. The molecule has 5 rings (SSSR count). The number of tetrazole rings is 1. The maximum atomic E-state index is 13.1. The third-order valence-electron chi connectivity index (χ3n) is 5.93. The number of nitrogens with one attached hydrogen (secondary N) is 1. The molecule has 0 unspecified atom stereocenters. The molecule has 9 nitrogen and oxygen atoms in total. The zero-order chi connectivity index (χ0) is 22.3. The number of sulfonamides is 1. The Morgan fingerprint density at radius 2 is 1.75 bits per heavy atom. The van der Waals surface area contributed by atoms with E-state index < -0.39 is 16.1 Å². The number of rotatable bonds is 6. The Morgan fingerprint density at radius 3 is 2.44 bits per heavy atom. The van der Waals surface area contributed by atoms with E-state index in [1.165, 1.54) is 4.31 Å². The summed E-state index contributed by atoms with van der Waals surface area (Å²) < 4.78 is 29.4. The molecule has 1 saturated carbocycles. The van der Waals surface area contributed by atoms with Gasteiger partial charge in [-0.2, -0.15) is 4.31 Å². The maximum Gasteiger partial charge on any atom is 0.243 e. The second-order valence-electron chi connectivity index (χ2n) is 8.33. The van der Waals surface area contributed by atoms with Gasteiger partial charge in [-0.15, -0.1) is 5.10 Å². The number of nitrogens with zero attached hydrogens (tertiary/aromatic N) is 5. The minimum absolute atomic E-state index is 0.209. The lowest BCUT2D eigenvalue weighted by Gasteiger charge is -2.23. The molecule has 166 valence electrons. The first-order valence-corrected chi connectivity index (χ1v) is 12.2. The molecule has 1 saturated heterocycles. The van der Waals surface area contributed by atoms with Crippen molar-refractivity contribution in [2.45, 2.75) is 49.6 Å². The van der Waals surface area contributed by atoms with E-state index in [4.69, 9.17) is 0 Å². The second kappa shape index (κ2) is 8.10. The van der Waals surface area contributed by atoms with Gasteiger partial charge in [0.05, 0.1) is 10.9 Å². The SMILES string of the molecule is Cc1ccc(S(=O)(=O)N2CCC[C@H]2C(=O)Nc2ccc(-c3nnnn3C3CC3)cc2)cc1. The van der Waals surface area contributed by atoms with Crippen molar-refractivity contribution in [3.8, 4) is 11.4 Å². The van der Waals surface area contributed by atoms with Gasteiger partial charge in [0.2, 0.25) is 15.9 Å². The molecule has 1 aromatic heterocycles. The predicted molar refractivity (Wildman–Crippen MR) is 118 cm³/mol. The maximum absolute atomic E-state index is 13.1. The Kier molecular flexibility index (Phi) is 5.26. The lowest BCUT2D eigenvalue weighted by molar-refractivity contribution is -0.119. The summed E-state index contributed by atoms with van der Waals surface area (Å²) in [6.07, 6.45) is 3.29. The summed E-state index contributed by atoms with van der Waals surface area (Å²) in [4.78, 5) is 13.2. The number of amides is 1. The van der Waals surface area contributed by atoms with Crippen molar-refractivity contribution >= 4 is 21.6 Å². The topological polar surface area (TPSA) is 110 Å². The normalized spacial score (nSPS) is 19.2. The number of hydrogen-bond acceptors (Lipinski definition) is 6. The van der Waals surface area contributed by atoms with Gasteiger partial charge < -0.3 is 5.32 Å². The quantitative estimate of drug-likeness (QED) is 0.616. The van der Waals surface area contributed by atoms with Gasteiger partial charge in [0.25, 0.3) is 0 Å². The number of aromatic nitrogens is 4. The van der Waals surface area contributed by atoms with Crippen molar-refractivity contribution < 1.29 is 13.2 Å². The summed E-state index contributed by atoms with van der Waals surface area (Å²) >= 11 is 0. The Morgan fingerprint density at radius 1 is 1.03 bits per heavy atom. The van der Waals surface area contributed by atoms with Crippen LogP contribution in [0.4, 0.5) is 5.69 Å². The Labute approximate surface area is 186 Å². The number of anilines is 1. The van der Waals surface area contributed by atoms with E-state index in [0.29, 0.717) is 36.9 Å². The van der Waals surface area contributed by atoms with Crippen molar-refractivity contribution in [1.29, 1.82) is 0 Å². The van der Waals surface area contributed by atoms with Crippen LogP contribution < -0.4 is 5.32 Å². The molecule has 2 fully saturated rings. The lowest BCUT2D eigenvalue weighted by Crippen LogP contribution is -2.43. The van der Waals surface area contributed by atoms with Gasteiger partial charge in [0.1, 0.15) is 6.04 Å². The monoisotopic (exact) mass is 452 g/mol. The highest BCUT2D eigenvalue weighted by Crippen LogP contribution is 2.36. The third-order valence-corrected chi connectivity index (χ3v) is 7.85. The Balaban J connectivity index is 1.31. The first-order valence-electron chi connectivity index (χ1n) is 10.7. The molecule has 0 radical (unpaired) electrons. The summed E-state index contributed by atoms with van der Waals surface area (Å²) in [5.74, 6) is 0.380. The third kappa shape index (κ3) is 3.91. The molecule has 1 aliphatic carbocycles. The van der Waals surface area contributed by atoms with E-state index in [0.717, 1.165) is 24.0 Å². The van der Waals surface area contributed by atoms with E-state index in [-0.39, 0.29) is 10.8 Å². The van der Waals surface area contributed by atoms with Crippen LogP contribution in [0.5, 0.6) is 0 Å². The molecule has 2 heterocycles. The summed E-state index contributed by atoms with van der Waals surface area (Å²) in [5, 5.41) is 14.8. The van der Waals surface area contributed by atoms with Crippen LogP contribution in [-0.4, -0.2) is 51.4 Å². The number of hydrogen-bond donors (Lipinski definition) is 1.